The molecule has 0 unspecified atom stereocenters. The molecule has 0 aliphatic carbocycles. The lowest BCUT2D eigenvalue weighted by atomic mass is 10.1. The second-order valence-electron chi connectivity index (χ2n) is 3.43. The zero-order chi connectivity index (χ0) is 9.59. The maximum Gasteiger partial charge on any atom is 0.153 e. The van der Waals surface area contributed by atoms with Gasteiger partial charge in [0.25, 0.3) is 0 Å². The lowest BCUT2D eigenvalue weighted by Crippen LogP contribution is -1.92. The highest BCUT2D eigenvalue weighted by Gasteiger charge is 2.09. The van der Waals surface area contributed by atoms with E-state index in [0.29, 0.717) is 5.82 Å². The van der Waals surface area contributed by atoms with Gasteiger partial charge >= 0.3 is 0 Å². The maximum atomic E-state index is 5.81. The van der Waals surface area contributed by atoms with Gasteiger partial charge in [-0.2, -0.15) is 5.10 Å². The highest BCUT2D eigenvalue weighted by Crippen LogP contribution is 2.26. The van der Waals surface area contributed by atoms with Gasteiger partial charge in [0.1, 0.15) is 0 Å². The largest absolute Gasteiger partial charge is 0.382 e. The van der Waals surface area contributed by atoms with Crippen LogP contribution in [0, 0.1) is 13.8 Å². The van der Waals surface area contributed by atoms with E-state index >= 15 is 0 Å². The summed E-state index contributed by atoms with van der Waals surface area (Å²) in [6, 6.07) is 4.18. The Morgan fingerprint density at radius 1 is 1.23 bits per heavy atom. The fourth-order valence-corrected chi connectivity index (χ4v) is 1.80. The Bertz CT molecular complexity index is 426. The van der Waals surface area contributed by atoms with Crippen LogP contribution in [-0.4, -0.2) is 9.78 Å². The minimum Gasteiger partial charge on any atom is -0.382 e. The molecule has 68 valence electrons. The first kappa shape index (κ1) is 8.10. The molecular formula is C10H13N3. The number of anilines is 1. The molecule has 0 bridgehead atoms. The van der Waals surface area contributed by atoms with Gasteiger partial charge < -0.3 is 5.73 Å². The van der Waals surface area contributed by atoms with Crippen LogP contribution in [0.4, 0.5) is 5.82 Å². The molecule has 1 aromatic carbocycles. The van der Waals surface area contributed by atoms with E-state index in [-0.39, 0.29) is 0 Å². The van der Waals surface area contributed by atoms with Gasteiger partial charge in [0.05, 0.1) is 5.52 Å². The molecule has 1 heterocycles. The van der Waals surface area contributed by atoms with Crippen molar-refractivity contribution < 1.29 is 0 Å². The van der Waals surface area contributed by atoms with Gasteiger partial charge in [0.2, 0.25) is 0 Å². The lowest BCUT2D eigenvalue weighted by Gasteiger charge is -2.01. The number of aromatic nitrogens is 2. The summed E-state index contributed by atoms with van der Waals surface area (Å²) in [7, 11) is 1.92. The molecule has 0 fully saturated rings. The van der Waals surface area contributed by atoms with E-state index in [9.17, 15) is 0 Å². The Balaban J connectivity index is 3.03. The molecule has 0 radical (unpaired) electrons. The number of nitrogens with zero attached hydrogens (tertiary/aromatic N) is 2. The smallest absolute Gasteiger partial charge is 0.153 e. The summed E-state index contributed by atoms with van der Waals surface area (Å²) in [5.74, 6) is 0.624. The molecule has 0 saturated carbocycles. The van der Waals surface area contributed by atoms with Gasteiger partial charge in [-0.05, 0) is 25.0 Å². The van der Waals surface area contributed by atoms with Crippen molar-refractivity contribution in [2.24, 2.45) is 7.05 Å². The van der Waals surface area contributed by atoms with E-state index in [2.05, 4.69) is 31.1 Å². The lowest BCUT2D eigenvalue weighted by molar-refractivity contribution is 0.799. The van der Waals surface area contributed by atoms with Gasteiger partial charge in [0.15, 0.2) is 5.82 Å². The van der Waals surface area contributed by atoms with Crippen LogP contribution in [0.1, 0.15) is 11.1 Å². The van der Waals surface area contributed by atoms with Gasteiger partial charge in [-0.15, -0.1) is 0 Å². The van der Waals surface area contributed by atoms with Crippen LogP contribution in [0.2, 0.25) is 0 Å². The van der Waals surface area contributed by atoms with Crippen LogP contribution < -0.4 is 5.73 Å². The van der Waals surface area contributed by atoms with Crippen molar-refractivity contribution in [2.75, 3.05) is 5.73 Å². The van der Waals surface area contributed by atoms with Crippen molar-refractivity contribution >= 4 is 16.7 Å². The summed E-state index contributed by atoms with van der Waals surface area (Å²) in [5.41, 5.74) is 9.35. The van der Waals surface area contributed by atoms with Crippen LogP contribution in [-0.2, 0) is 7.05 Å². The molecule has 13 heavy (non-hydrogen) atoms. The molecule has 0 atom stereocenters. The first-order valence-corrected chi connectivity index (χ1v) is 4.29. The van der Waals surface area contributed by atoms with Crippen LogP contribution >= 0.6 is 0 Å². The molecule has 3 nitrogen and oxygen atoms in total. The Hall–Kier alpha value is -1.51. The summed E-state index contributed by atoms with van der Waals surface area (Å²) in [4.78, 5) is 0. The van der Waals surface area contributed by atoms with Crippen LogP contribution in [0.3, 0.4) is 0 Å². The monoisotopic (exact) mass is 175 g/mol. The van der Waals surface area contributed by atoms with Crippen LogP contribution in [0.5, 0.6) is 0 Å². The third kappa shape index (κ3) is 1.00. The number of nitrogens with two attached hydrogens (primary N) is 1. The van der Waals surface area contributed by atoms with E-state index in [4.69, 9.17) is 5.73 Å². The average Bonchev–Trinajstić information content (AvgIpc) is 2.36. The SMILES string of the molecule is Cc1ccc(C)c2c1c(N)nn2C. The van der Waals surface area contributed by atoms with E-state index in [1.165, 1.54) is 11.1 Å². The molecule has 0 aliphatic rings. The van der Waals surface area contributed by atoms with Crippen LogP contribution in [0.25, 0.3) is 10.9 Å². The van der Waals surface area contributed by atoms with E-state index < -0.39 is 0 Å². The van der Waals surface area contributed by atoms with Gasteiger partial charge in [-0.3, -0.25) is 4.68 Å². The molecular weight excluding hydrogens is 162 g/mol. The zero-order valence-electron chi connectivity index (χ0n) is 8.13. The number of rotatable bonds is 0. The first-order valence-electron chi connectivity index (χ1n) is 4.29. The second-order valence-corrected chi connectivity index (χ2v) is 3.43. The highest BCUT2D eigenvalue weighted by molar-refractivity contribution is 5.94. The molecule has 2 aromatic rings. The first-order chi connectivity index (χ1) is 6.11. The van der Waals surface area contributed by atoms with Gasteiger partial charge in [0, 0.05) is 12.4 Å². The number of fused-ring (bicyclic) bond motifs is 1. The second kappa shape index (κ2) is 2.49. The topological polar surface area (TPSA) is 43.8 Å². The van der Waals surface area contributed by atoms with Gasteiger partial charge in [-0.1, -0.05) is 12.1 Å². The molecule has 0 amide bonds. The van der Waals surface area contributed by atoms with Crippen molar-refractivity contribution in [2.45, 2.75) is 13.8 Å². The van der Waals surface area contributed by atoms with Gasteiger partial charge in [-0.25, -0.2) is 0 Å². The fraction of sp³-hybridized carbons (Fsp3) is 0.300. The normalized spacial score (nSPS) is 11.0. The molecule has 0 spiro atoms. The number of aryl methyl sites for hydroxylation is 3. The predicted octanol–water partition coefficient (Wildman–Crippen LogP) is 1.77. The van der Waals surface area contributed by atoms with Crippen molar-refractivity contribution in [1.29, 1.82) is 0 Å². The van der Waals surface area contributed by atoms with E-state index in [0.717, 1.165) is 10.9 Å². The summed E-state index contributed by atoms with van der Waals surface area (Å²) in [5, 5.41) is 5.29. The molecule has 0 saturated heterocycles. The van der Waals surface area contributed by atoms with E-state index in [1.54, 1.807) is 0 Å². The maximum absolute atomic E-state index is 5.81. The van der Waals surface area contributed by atoms with Crippen molar-refractivity contribution in [1.82, 2.24) is 9.78 Å². The Labute approximate surface area is 77.2 Å². The van der Waals surface area contributed by atoms with Crippen molar-refractivity contribution in [3.8, 4) is 0 Å². The Morgan fingerprint density at radius 2 is 1.85 bits per heavy atom. The molecule has 2 rings (SSSR count). The number of nitrogen functional groups attached to an aromatic ring is 1. The zero-order valence-corrected chi connectivity index (χ0v) is 8.13. The van der Waals surface area contributed by atoms with Crippen LogP contribution in [0.15, 0.2) is 12.1 Å². The fourth-order valence-electron chi connectivity index (χ4n) is 1.80. The highest BCUT2D eigenvalue weighted by atomic mass is 15.3. The summed E-state index contributed by atoms with van der Waals surface area (Å²) >= 11 is 0. The summed E-state index contributed by atoms with van der Waals surface area (Å²) < 4.78 is 1.84. The molecule has 1 aromatic heterocycles. The Kier molecular flexibility index (Phi) is 1.55. The molecule has 2 N–H and O–H groups in total. The van der Waals surface area contributed by atoms with Crippen molar-refractivity contribution in [3.63, 3.8) is 0 Å². The molecule has 0 aliphatic heterocycles. The minimum atomic E-state index is 0.624. The van der Waals surface area contributed by atoms with E-state index in [1.807, 2.05) is 11.7 Å². The summed E-state index contributed by atoms with van der Waals surface area (Å²) in [6.45, 7) is 4.13. The number of benzene rings is 1. The summed E-state index contributed by atoms with van der Waals surface area (Å²) in [6.07, 6.45) is 0. The quantitative estimate of drug-likeness (QED) is 0.663. The predicted molar refractivity (Wildman–Crippen MR) is 54.6 cm³/mol. The number of hydrogen-bond donors (Lipinski definition) is 1. The third-order valence-corrected chi connectivity index (χ3v) is 2.43. The standard InChI is InChI=1S/C10H13N3/c1-6-4-5-7(2)9-8(6)10(11)12-13(9)3/h4-5H,1-3H3,(H2,11,12). The Morgan fingerprint density at radius 3 is 2.46 bits per heavy atom. The average molecular weight is 175 g/mol. The molecule has 3 heteroatoms. The minimum absolute atomic E-state index is 0.624. The third-order valence-electron chi connectivity index (χ3n) is 2.43. The van der Waals surface area contributed by atoms with Crippen molar-refractivity contribution in [3.05, 3.63) is 23.3 Å². The number of hydrogen-bond acceptors (Lipinski definition) is 2.